The van der Waals surface area contributed by atoms with Gasteiger partial charge in [-0.1, -0.05) is 25.1 Å². The van der Waals surface area contributed by atoms with Crippen LogP contribution in [0.4, 0.5) is 32.1 Å². The zero-order valence-electron chi connectivity index (χ0n) is 16.2. The van der Waals surface area contributed by atoms with Gasteiger partial charge in [0.15, 0.2) is 11.6 Å². The molecule has 0 aliphatic carbocycles. The Labute approximate surface area is 176 Å². The zero-order valence-corrected chi connectivity index (χ0v) is 17.0. The molecule has 30 heavy (non-hydrogen) atoms. The summed E-state index contributed by atoms with van der Waals surface area (Å²) < 4.78 is 26.2. The number of hydrogen-bond acceptors (Lipinski definition) is 7. The highest BCUT2D eigenvalue weighted by atomic mass is 32.2. The number of amides is 1. The van der Waals surface area contributed by atoms with Crippen LogP contribution in [0.25, 0.3) is 0 Å². The maximum Gasteiger partial charge on any atom is 0.234 e. The van der Waals surface area contributed by atoms with E-state index in [1.807, 2.05) is 24.3 Å². The standard InChI is InChI=1S/C20H20F2N6OS/c1-2-12-5-3-4-6-16(12)25-20-27-17(26-19(23)28-20)10-30-11-18(29)24-13-7-8-14(21)15(22)9-13/h3-9H,2,10-11H2,1H3,(H,24,29)(H3,23,25,26,27,28). The average molecular weight is 430 g/mol. The van der Waals surface area contributed by atoms with Gasteiger partial charge in [0.1, 0.15) is 5.82 Å². The summed E-state index contributed by atoms with van der Waals surface area (Å²) >= 11 is 1.26. The predicted octanol–water partition coefficient (Wildman–Crippen LogP) is 3.91. The van der Waals surface area contributed by atoms with E-state index in [1.54, 1.807) is 0 Å². The van der Waals surface area contributed by atoms with Gasteiger partial charge in [-0.25, -0.2) is 8.78 Å². The summed E-state index contributed by atoms with van der Waals surface area (Å²) in [5, 5.41) is 5.66. The molecule has 0 atom stereocenters. The maximum absolute atomic E-state index is 13.2. The lowest BCUT2D eigenvalue weighted by molar-refractivity contribution is -0.113. The van der Waals surface area contributed by atoms with Crippen molar-refractivity contribution in [3.05, 3.63) is 65.5 Å². The molecule has 0 saturated heterocycles. The van der Waals surface area contributed by atoms with Crippen LogP contribution in [-0.2, 0) is 17.0 Å². The van der Waals surface area contributed by atoms with Gasteiger partial charge in [-0.15, -0.1) is 11.8 Å². The number of rotatable bonds is 8. The van der Waals surface area contributed by atoms with Crippen molar-refractivity contribution in [3.63, 3.8) is 0 Å². The van der Waals surface area contributed by atoms with Crippen LogP contribution in [0.5, 0.6) is 0 Å². The third-order valence-corrected chi connectivity index (χ3v) is 4.94. The van der Waals surface area contributed by atoms with Gasteiger partial charge in [-0.2, -0.15) is 15.0 Å². The Hall–Kier alpha value is -3.27. The quantitative estimate of drug-likeness (QED) is 0.497. The van der Waals surface area contributed by atoms with Crippen LogP contribution in [0.1, 0.15) is 18.3 Å². The Morgan fingerprint density at radius 2 is 1.90 bits per heavy atom. The monoisotopic (exact) mass is 430 g/mol. The molecule has 156 valence electrons. The lowest BCUT2D eigenvalue weighted by atomic mass is 10.1. The number of nitrogens with zero attached hydrogens (tertiary/aromatic N) is 3. The first-order valence-electron chi connectivity index (χ1n) is 9.12. The number of carbonyl (C=O) groups is 1. The number of anilines is 4. The second kappa shape index (κ2) is 9.97. The first-order valence-corrected chi connectivity index (χ1v) is 10.3. The number of nitrogens with one attached hydrogen (secondary N) is 2. The zero-order chi connectivity index (χ0) is 21.5. The molecular weight excluding hydrogens is 410 g/mol. The summed E-state index contributed by atoms with van der Waals surface area (Å²) in [6.07, 6.45) is 0.847. The molecule has 0 aliphatic heterocycles. The average Bonchev–Trinajstić information content (AvgIpc) is 2.71. The van der Waals surface area contributed by atoms with E-state index >= 15 is 0 Å². The molecule has 0 saturated carbocycles. The molecule has 0 unspecified atom stereocenters. The van der Waals surface area contributed by atoms with Gasteiger partial charge < -0.3 is 16.4 Å². The van der Waals surface area contributed by atoms with Gasteiger partial charge >= 0.3 is 0 Å². The first-order chi connectivity index (χ1) is 14.4. The van der Waals surface area contributed by atoms with Crippen molar-refractivity contribution in [1.82, 2.24) is 15.0 Å². The third kappa shape index (κ3) is 5.86. The Morgan fingerprint density at radius 1 is 1.10 bits per heavy atom. The van der Waals surface area contributed by atoms with Crippen molar-refractivity contribution in [2.75, 3.05) is 22.1 Å². The number of nitrogen functional groups attached to an aromatic ring is 1. The van der Waals surface area contributed by atoms with Crippen molar-refractivity contribution in [1.29, 1.82) is 0 Å². The van der Waals surface area contributed by atoms with Crippen LogP contribution in [0.3, 0.4) is 0 Å². The molecule has 3 aromatic rings. The fourth-order valence-electron chi connectivity index (χ4n) is 2.64. The molecule has 1 heterocycles. The second-order valence-corrected chi connectivity index (χ2v) is 7.22. The lowest BCUT2D eigenvalue weighted by Gasteiger charge is -2.10. The Balaban J connectivity index is 1.57. The normalized spacial score (nSPS) is 10.6. The minimum absolute atomic E-state index is 0.0725. The van der Waals surface area contributed by atoms with Gasteiger partial charge in [0.25, 0.3) is 0 Å². The first kappa shape index (κ1) is 21.4. The van der Waals surface area contributed by atoms with Gasteiger partial charge in [0, 0.05) is 17.4 Å². The number of aromatic nitrogens is 3. The van der Waals surface area contributed by atoms with Gasteiger partial charge in [0.2, 0.25) is 17.8 Å². The third-order valence-electron chi connectivity index (χ3n) is 4.01. The highest BCUT2D eigenvalue weighted by Crippen LogP contribution is 2.20. The molecule has 0 spiro atoms. The van der Waals surface area contributed by atoms with Crippen LogP contribution in [0.2, 0.25) is 0 Å². The smallest absolute Gasteiger partial charge is 0.234 e. The van der Waals surface area contributed by atoms with Gasteiger partial charge in [-0.05, 0) is 30.2 Å². The molecule has 7 nitrogen and oxygen atoms in total. The molecule has 10 heteroatoms. The highest BCUT2D eigenvalue weighted by molar-refractivity contribution is 7.99. The number of para-hydroxylation sites is 1. The minimum Gasteiger partial charge on any atom is -0.368 e. The topological polar surface area (TPSA) is 106 Å². The maximum atomic E-state index is 13.2. The minimum atomic E-state index is -1.02. The predicted molar refractivity (Wildman–Crippen MR) is 114 cm³/mol. The molecule has 0 aliphatic rings. The van der Waals surface area contributed by atoms with Crippen LogP contribution >= 0.6 is 11.8 Å². The molecule has 3 rings (SSSR count). The Kier molecular flexibility index (Phi) is 7.12. The molecule has 4 N–H and O–H groups in total. The van der Waals surface area contributed by atoms with E-state index in [0.29, 0.717) is 17.5 Å². The van der Waals surface area contributed by atoms with Crippen molar-refractivity contribution in [2.45, 2.75) is 19.1 Å². The van der Waals surface area contributed by atoms with E-state index in [0.717, 1.165) is 29.8 Å². The highest BCUT2D eigenvalue weighted by Gasteiger charge is 2.10. The fraction of sp³-hybridized carbons (Fsp3) is 0.200. The van der Waals surface area contributed by atoms with Crippen LogP contribution in [-0.4, -0.2) is 26.6 Å². The van der Waals surface area contributed by atoms with E-state index in [4.69, 9.17) is 5.73 Å². The van der Waals surface area contributed by atoms with Crippen LogP contribution < -0.4 is 16.4 Å². The van der Waals surface area contributed by atoms with Crippen molar-refractivity contribution in [2.24, 2.45) is 0 Å². The molecular formula is C20H20F2N6OS. The SMILES string of the molecule is CCc1ccccc1Nc1nc(N)nc(CSCC(=O)Nc2ccc(F)c(F)c2)n1. The number of benzene rings is 2. The molecule has 0 fully saturated rings. The summed E-state index contributed by atoms with van der Waals surface area (Å²) in [7, 11) is 0. The fourth-order valence-corrected chi connectivity index (χ4v) is 3.31. The van der Waals surface area contributed by atoms with Crippen molar-refractivity contribution >= 4 is 40.9 Å². The van der Waals surface area contributed by atoms with Crippen molar-refractivity contribution in [3.8, 4) is 0 Å². The number of halogens is 2. The summed E-state index contributed by atoms with van der Waals surface area (Å²) in [6, 6.07) is 11.0. The van der Waals surface area contributed by atoms with Gasteiger partial charge in [-0.3, -0.25) is 4.79 Å². The van der Waals surface area contributed by atoms with E-state index in [2.05, 4.69) is 32.5 Å². The number of nitrogens with two attached hydrogens (primary N) is 1. The van der Waals surface area contributed by atoms with Gasteiger partial charge in [0.05, 0.1) is 11.5 Å². The number of thioether (sulfide) groups is 1. The van der Waals surface area contributed by atoms with E-state index in [1.165, 1.54) is 17.8 Å². The van der Waals surface area contributed by atoms with E-state index in [9.17, 15) is 13.6 Å². The van der Waals surface area contributed by atoms with E-state index < -0.39 is 11.6 Å². The number of aryl methyl sites for hydroxylation is 1. The summed E-state index contributed by atoms with van der Waals surface area (Å²) in [6.45, 7) is 2.05. The van der Waals surface area contributed by atoms with Crippen molar-refractivity contribution < 1.29 is 13.6 Å². The Bertz CT molecular complexity index is 1050. The Morgan fingerprint density at radius 3 is 2.67 bits per heavy atom. The second-order valence-electron chi connectivity index (χ2n) is 6.24. The number of hydrogen-bond donors (Lipinski definition) is 3. The van der Waals surface area contributed by atoms with E-state index in [-0.39, 0.29) is 23.3 Å². The summed E-state index contributed by atoms with van der Waals surface area (Å²) in [4.78, 5) is 24.6. The molecule has 1 aromatic heterocycles. The summed E-state index contributed by atoms with van der Waals surface area (Å²) in [5.74, 6) is -1.14. The molecule has 1 amide bonds. The molecule has 2 aromatic carbocycles. The van der Waals surface area contributed by atoms with Crippen LogP contribution in [0, 0.1) is 11.6 Å². The molecule has 0 bridgehead atoms. The van der Waals surface area contributed by atoms with Crippen LogP contribution in [0.15, 0.2) is 42.5 Å². The lowest BCUT2D eigenvalue weighted by Crippen LogP contribution is -2.15. The number of carbonyl (C=O) groups excluding carboxylic acids is 1. The molecule has 0 radical (unpaired) electrons. The summed E-state index contributed by atoms with van der Waals surface area (Å²) in [5.41, 5.74) is 7.97. The largest absolute Gasteiger partial charge is 0.368 e.